The molecule has 1 aliphatic heterocycles. The largest absolute Gasteiger partial charge is 0.508 e. The van der Waals surface area contributed by atoms with E-state index in [1.54, 1.807) is 46.7 Å². The van der Waals surface area contributed by atoms with Crippen LogP contribution in [0.4, 0.5) is 4.79 Å². The fourth-order valence-electron chi connectivity index (χ4n) is 4.71. The van der Waals surface area contributed by atoms with Gasteiger partial charge in [-0.05, 0) is 48.7 Å². The number of aromatic hydroxyl groups is 2. The average molecular weight is 581 g/mol. The Bertz CT molecular complexity index is 1430. The number of alkyl carbamates (subject to hydrolysis) is 1. The number of likely N-dealkylation sites (tertiary alicyclic amines) is 1. The summed E-state index contributed by atoms with van der Waals surface area (Å²) in [5.74, 6) is -0.0576. The van der Waals surface area contributed by atoms with Crippen molar-refractivity contribution in [3.8, 4) is 34.3 Å². The van der Waals surface area contributed by atoms with Gasteiger partial charge in [0, 0.05) is 51.3 Å². The molecule has 0 spiro atoms. The van der Waals surface area contributed by atoms with Crippen LogP contribution in [0.3, 0.4) is 0 Å². The smallest absolute Gasteiger partial charge is 0.407 e. The Labute approximate surface area is 243 Å². The first kappa shape index (κ1) is 30.2. The van der Waals surface area contributed by atoms with Gasteiger partial charge in [0.15, 0.2) is 12.4 Å². The molecule has 13 heteroatoms. The van der Waals surface area contributed by atoms with Gasteiger partial charge in [-0.3, -0.25) is 14.2 Å². The summed E-state index contributed by atoms with van der Waals surface area (Å²) >= 11 is 0. The molecule has 2 aromatic carbocycles. The molecular formula is C29H36N6O7. The van der Waals surface area contributed by atoms with E-state index in [0.29, 0.717) is 55.0 Å². The number of hydrogen-bond acceptors (Lipinski definition) is 9. The first-order valence-corrected chi connectivity index (χ1v) is 13.8. The minimum atomic E-state index is -0.651. The molecule has 0 unspecified atom stereocenters. The maximum atomic E-state index is 12.9. The minimum absolute atomic E-state index is 0.0270. The highest BCUT2D eigenvalue weighted by molar-refractivity contribution is 5.92. The lowest BCUT2D eigenvalue weighted by molar-refractivity contribution is -0.136. The van der Waals surface area contributed by atoms with Crippen LogP contribution in [0.25, 0.3) is 17.1 Å². The van der Waals surface area contributed by atoms with Crippen LogP contribution < -0.4 is 15.4 Å². The monoisotopic (exact) mass is 580 g/mol. The number of phenols is 2. The number of ether oxygens (including phenoxy) is 2. The molecule has 0 atom stereocenters. The van der Waals surface area contributed by atoms with Crippen LogP contribution in [0, 0.1) is 0 Å². The summed E-state index contributed by atoms with van der Waals surface area (Å²) in [6.45, 7) is 6.68. The first-order valence-electron chi connectivity index (χ1n) is 13.8. The lowest BCUT2D eigenvalue weighted by Gasteiger charge is -2.32. The minimum Gasteiger partial charge on any atom is -0.508 e. The molecule has 3 amide bonds. The summed E-state index contributed by atoms with van der Waals surface area (Å²) < 4.78 is 12.5. The summed E-state index contributed by atoms with van der Waals surface area (Å²) in [7, 11) is 1.43. The Hall–Kier alpha value is -4.81. The maximum absolute atomic E-state index is 12.9. The zero-order chi connectivity index (χ0) is 30.4. The third-order valence-corrected chi connectivity index (χ3v) is 6.93. The van der Waals surface area contributed by atoms with E-state index in [9.17, 15) is 24.6 Å². The topological polar surface area (TPSA) is 168 Å². The molecule has 0 bridgehead atoms. The van der Waals surface area contributed by atoms with Crippen molar-refractivity contribution in [1.82, 2.24) is 30.3 Å². The van der Waals surface area contributed by atoms with E-state index in [2.05, 4.69) is 20.8 Å². The van der Waals surface area contributed by atoms with Crippen molar-refractivity contribution in [2.45, 2.75) is 45.6 Å². The SMILES string of the molecule is CCNC(=O)c1nnc(-c2cc(C(C)C)c(O)cc2O)n1-c1ccc(OC2CCN(C(=O)COC(=O)NC)CC2)cc1. The van der Waals surface area contributed by atoms with E-state index in [4.69, 9.17) is 9.47 Å². The zero-order valence-corrected chi connectivity index (χ0v) is 24.1. The van der Waals surface area contributed by atoms with Crippen LogP contribution in [0.15, 0.2) is 36.4 Å². The van der Waals surface area contributed by atoms with Crippen LogP contribution >= 0.6 is 0 Å². The number of piperidine rings is 1. The highest BCUT2D eigenvalue weighted by atomic mass is 16.6. The predicted molar refractivity (Wildman–Crippen MR) is 153 cm³/mol. The van der Waals surface area contributed by atoms with Gasteiger partial charge in [-0.1, -0.05) is 13.8 Å². The van der Waals surface area contributed by atoms with Crippen molar-refractivity contribution in [2.24, 2.45) is 0 Å². The Morgan fingerprint density at radius 1 is 1.05 bits per heavy atom. The fourth-order valence-corrected chi connectivity index (χ4v) is 4.71. The van der Waals surface area contributed by atoms with Gasteiger partial charge >= 0.3 is 6.09 Å². The number of hydrogen-bond donors (Lipinski definition) is 4. The number of aromatic nitrogens is 3. The summed E-state index contributed by atoms with van der Waals surface area (Å²) in [5, 5.41) is 34.4. The van der Waals surface area contributed by atoms with Crippen molar-refractivity contribution >= 4 is 17.9 Å². The molecule has 1 saturated heterocycles. The van der Waals surface area contributed by atoms with Crippen molar-refractivity contribution in [2.75, 3.05) is 33.3 Å². The van der Waals surface area contributed by atoms with Gasteiger partial charge in [0.05, 0.1) is 5.56 Å². The number of nitrogens with zero attached hydrogens (tertiary/aromatic N) is 4. The van der Waals surface area contributed by atoms with E-state index in [1.165, 1.54) is 13.1 Å². The van der Waals surface area contributed by atoms with E-state index in [-0.39, 0.29) is 47.7 Å². The van der Waals surface area contributed by atoms with E-state index < -0.39 is 12.0 Å². The number of rotatable bonds is 9. The van der Waals surface area contributed by atoms with Crippen LogP contribution in [-0.2, 0) is 9.53 Å². The third-order valence-electron chi connectivity index (χ3n) is 6.93. The molecule has 4 rings (SSSR count). The molecule has 0 radical (unpaired) electrons. The van der Waals surface area contributed by atoms with Gasteiger partial charge in [-0.2, -0.15) is 0 Å². The van der Waals surface area contributed by atoms with Crippen molar-refractivity contribution in [1.29, 1.82) is 0 Å². The molecule has 1 fully saturated rings. The van der Waals surface area contributed by atoms with Crippen LogP contribution in [0.2, 0.25) is 0 Å². The maximum Gasteiger partial charge on any atom is 0.407 e. The van der Waals surface area contributed by atoms with Gasteiger partial charge in [0.25, 0.3) is 11.8 Å². The molecule has 2 heterocycles. The van der Waals surface area contributed by atoms with Gasteiger partial charge in [0.2, 0.25) is 5.82 Å². The standard InChI is InChI=1S/C29H36N6O7/c1-5-31-28(39)27-33-32-26(22-14-21(17(2)3)23(36)15-24(22)37)35(27)18-6-8-19(9-7-18)42-20-10-12-34(13-11-20)25(38)16-41-29(40)30-4/h6-9,14-15,17,20,36-37H,5,10-13,16H2,1-4H3,(H,30,40)(H,31,39). The molecule has 42 heavy (non-hydrogen) atoms. The summed E-state index contributed by atoms with van der Waals surface area (Å²) in [5.41, 5.74) is 1.51. The summed E-state index contributed by atoms with van der Waals surface area (Å²) in [6.07, 6.45) is 0.465. The van der Waals surface area contributed by atoms with Gasteiger partial charge in [-0.25, -0.2) is 4.79 Å². The average Bonchev–Trinajstić information content (AvgIpc) is 3.41. The van der Waals surface area contributed by atoms with Crippen molar-refractivity contribution in [3.05, 3.63) is 47.8 Å². The fraction of sp³-hybridized carbons (Fsp3) is 0.414. The number of phenolic OH excluding ortho intramolecular Hbond substituents is 2. The van der Waals surface area contributed by atoms with Gasteiger partial charge in [-0.15, -0.1) is 10.2 Å². The molecule has 1 aliphatic rings. The van der Waals surface area contributed by atoms with Crippen molar-refractivity contribution < 1.29 is 34.1 Å². The van der Waals surface area contributed by atoms with E-state index in [1.807, 2.05) is 13.8 Å². The number of nitrogens with one attached hydrogen (secondary N) is 2. The zero-order valence-electron chi connectivity index (χ0n) is 24.1. The Morgan fingerprint density at radius 3 is 2.36 bits per heavy atom. The molecule has 13 nitrogen and oxygen atoms in total. The van der Waals surface area contributed by atoms with Crippen LogP contribution in [0.5, 0.6) is 17.2 Å². The second-order valence-corrected chi connectivity index (χ2v) is 10.1. The number of amides is 3. The highest BCUT2D eigenvalue weighted by Crippen LogP contribution is 2.38. The van der Waals surface area contributed by atoms with E-state index in [0.717, 1.165) is 0 Å². The first-order chi connectivity index (χ1) is 20.1. The van der Waals surface area contributed by atoms with Gasteiger partial charge in [0.1, 0.15) is 23.4 Å². The van der Waals surface area contributed by atoms with E-state index >= 15 is 0 Å². The summed E-state index contributed by atoms with van der Waals surface area (Å²) in [4.78, 5) is 38.0. The Balaban J connectivity index is 1.53. The van der Waals surface area contributed by atoms with Crippen molar-refractivity contribution in [3.63, 3.8) is 0 Å². The van der Waals surface area contributed by atoms with Crippen LogP contribution in [-0.4, -0.2) is 87.2 Å². The second kappa shape index (κ2) is 13.2. The predicted octanol–water partition coefficient (Wildman–Crippen LogP) is 2.94. The lowest BCUT2D eigenvalue weighted by atomic mass is 9.98. The molecule has 4 N–H and O–H groups in total. The number of carbonyl (C=O) groups is 3. The number of carbonyl (C=O) groups excluding carboxylic acids is 3. The molecule has 0 aliphatic carbocycles. The lowest BCUT2D eigenvalue weighted by Crippen LogP contribution is -2.43. The normalized spacial score (nSPS) is 13.6. The highest BCUT2D eigenvalue weighted by Gasteiger charge is 2.26. The molecule has 1 aromatic heterocycles. The quantitative estimate of drug-likeness (QED) is 0.297. The second-order valence-electron chi connectivity index (χ2n) is 10.1. The molecule has 0 saturated carbocycles. The molecule has 224 valence electrons. The van der Waals surface area contributed by atoms with Gasteiger partial charge < -0.3 is 35.2 Å². The Kier molecular flexibility index (Phi) is 9.50. The summed E-state index contributed by atoms with van der Waals surface area (Å²) in [6, 6.07) is 9.98. The van der Waals surface area contributed by atoms with Crippen LogP contribution in [0.1, 0.15) is 55.7 Å². The Morgan fingerprint density at radius 2 is 1.74 bits per heavy atom. The molecule has 3 aromatic rings. The third kappa shape index (κ3) is 6.73. The molecular weight excluding hydrogens is 544 g/mol. The number of benzene rings is 2.